The van der Waals surface area contributed by atoms with Gasteiger partial charge in [0.15, 0.2) is 0 Å². The highest BCUT2D eigenvalue weighted by Crippen LogP contribution is 2.27. The third kappa shape index (κ3) is 1.88. The molecule has 0 unspecified atom stereocenters. The maximum absolute atomic E-state index is 10.4. The Morgan fingerprint density at radius 3 is 2.75 bits per heavy atom. The molecular formula is C6H5ClN2O2S. The predicted octanol–water partition coefficient (Wildman–Crippen LogP) is 2.21. The average Bonchev–Trinajstić information content (AvgIpc) is 2.05. The zero-order valence-corrected chi connectivity index (χ0v) is 7.43. The predicted molar refractivity (Wildman–Crippen MR) is 48.2 cm³/mol. The molecule has 0 atom stereocenters. The second kappa shape index (κ2) is 3.75. The van der Waals surface area contributed by atoms with Crippen molar-refractivity contribution in [3.05, 3.63) is 33.3 Å². The monoisotopic (exact) mass is 204 g/mol. The van der Waals surface area contributed by atoms with Gasteiger partial charge in [0, 0.05) is 11.0 Å². The van der Waals surface area contributed by atoms with Crippen LogP contribution < -0.4 is 5.14 Å². The minimum Gasteiger partial charge on any atom is -0.274 e. The van der Waals surface area contributed by atoms with E-state index in [-0.39, 0.29) is 10.7 Å². The van der Waals surface area contributed by atoms with E-state index >= 15 is 0 Å². The molecule has 64 valence electrons. The molecule has 4 nitrogen and oxygen atoms in total. The Morgan fingerprint density at radius 2 is 2.25 bits per heavy atom. The molecule has 0 saturated carbocycles. The fourth-order valence-electron chi connectivity index (χ4n) is 0.706. The molecule has 0 aromatic heterocycles. The molecule has 1 aromatic carbocycles. The van der Waals surface area contributed by atoms with E-state index < -0.39 is 4.92 Å². The largest absolute Gasteiger partial charge is 0.289 e. The fourth-order valence-corrected chi connectivity index (χ4v) is 1.22. The first-order valence-corrected chi connectivity index (χ1v) is 4.21. The van der Waals surface area contributed by atoms with Crippen LogP contribution in [0.1, 0.15) is 0 Å². The van der Waals surface area contributed by atoms with Gasteiger partial charge in [0.1, 0.15) is 5.02 Å². The summed E-state index contributed by atoms with van der Waals surface area (Å²) in [5.41, 5.74) is -0.118. The van der Waals surface area contributed by atoms with E-state index in [2.05, 4.69) is 0 Å². The molecule has 0 amide bonds. The van der Waals surface area contributed by atoms with E-state index in [4.69, 9.17) is 16.7 Å². The van der Waals surface area contributed by atoms with Crippen molar-refractivity contribution in [3.8, 4) is 0 Å². The molecule has 2 N–H and O–H groups in total. The Labute approximate surface area is 78.0 Å². The highest BCUT2D eigenvalue weighted by molar-refractivity contribution is 7.97. The van der Waals surface area contributed by atoms with E-state index in [1.165, 1.54) is 12.1 Å². The van der Waals surface area contributed by atoms with Crippen molar-refractivity contribution in [1.29, 1.82) is 0 Å². The van der Waals surface area contributed by atoms with E-state index in [1.807, 2.05) is 0 Å². The van der Waals surface area contributed by atoms with E-state index in [9.17, 15) is 10.1 Å². The fraction of sp³-hybridized carbons (Fsp3) is 0. The van der Waals surface area contributed by atoms with Gasteiger partial charge in [-0.05, 0) is 24.1 Å². The van der Waals surface area contributed by atoms with E-state index in [0.29, 0.717) is 4.90 Å². The molecule has 6 heteroatoms. The highest BCUT2D eigenvalue weighted by Gasteiger charge is 2.11. The third-order valence-electron chi connectivity index (χ3n) is 1.25. The van der Waals surface area contributed by atoms with Crippen molar-refractivity contribution in [1.82, 2.24) is 0 Å². The first-order chi connectivity index (χ1) is 5.65. The van der Waals surface area contributed by atoms with Crippen molar-refractivity contribution in [2.24, 2.45) is 5.14 Å². The molecule has 0 saturated heterocycles. The highest BCUT2D eigenvalue weighted by atomic mass is 35.5. The molecule has 0 fully saturated rings. The summed E-state index contributed by atoms with van der Waals surface area (Å²) in [6, 6.07) is 4.42. The van der Waals surface area contributed by atoms with Crippen LogP contribution in [-0.2, 0) is 0 Å². The van der Waals surface area contributed by atoms with Crippen LogP contribution in [-0.4, -0.2) is 4.92 Å². The molecule has 1 rings (SSSR count). The first kappa shape index (κ1) is 9.31. The molecule has 0 heterocycles. The minimum absolute atomic E-state index is 0.118. The van der Waals surface area contributed by atoms with Gasteiger partial charge in [-0.25, -0.2) is 0 Å². The second-order valence-corrected chi connectivity index (χ2v) is 3.10. The van der Waals surface area contributed by atoms with Gasteiger partial charge in [-0.15, -0.1) is 0 Å². The quantitative estimate of drug-likeness (QED) is 0.456. The molecule has 1 aromatic rings. The van der Waals surface area contributed by atoms with Crippen LogP contribution in [0.4, 0.5) is 5.69 Å². The summed E-state index contributed by atoms with van der Waals surface area (Å²) in [5.74, 6) is 0. The summed E-state index contributed by atoms with van der Waals surface area (Å²) < 4.78 is 0. The molecule has 0 bridgehead atoms. The van der Waals surface area contributed by atoms with Crippen molar-refractivity contribution < 1.29 is 4.92 Å². The lowest BCUT2D eigenvalue weighted by atomic mass is 10.3. The van der Waals surface area contributed by atoms with Gasteiger partial charge in [0.05, 0.1) is 4.92 Å². The smallest absolute Gasteiger partial charge is 0.274 e. The Bertz CT molecular complexity index is 318. The van der Waals surface area contributed by atoms with Crippen LogP contribution in [0.5, 0.6) is 0 Å². The van der Waals surface area contributed by atoms with Crippen LogP contribution in [0.25, 0.3) is 0 Å². The molecule has 0 radical (unpaired) electrons. The number of halogens is 1. The Kier molecular flexibility index (Phi) is 2.91. The lowest BCUT2D eigenvalue weighted by Crippen LogP contribution is -1.90. The van der Waals surface area contributed by atoms with Gasteiger partial charge < -0.3 is 0 Å². The van der Waals surface area contributed by atoms with E-state index in [0.717, 1.165) is 11.9 Å². The first-order valence-electron chi connectivity index (χ1n) is 2.96. The topological polar surface area (TPSA) is 69.2 Å². The van der Waals surface area contributed by atoms with Crippen molar-refractivity contribution >= 4 is 29.2 Å². The molecule has 0 aliphatic heterocycles. The Balaban J connectivity index is 3.17. The number of hydrogen-bond donors (Lipinski definition) is 1. The summed E-state index contributed by atoms with van der Waals surface area (Å²) in [6.45, 7) is 0. The number of nitro groups is 1. The lowest BCUT2D eigenvalue weighted by molar-refractivity contribution is -0.384. The number of rotatable bonds is 2. The molecular weight excluding hydrogens is 200 g/mol. The van der Waals surface area contributed by atoms with Crippen LogP contribution >= 0.6 is 23.5 Å². The van der Waals surface area contributed by atoms with Crippen molar-refractivity contribution in [2.45, 2.75) is 4.90 Å². The van der Waals surface area contributed by atoms with Gasteiger partial charge in [-0.2, -0.15) is 0 Å². The Hall–Kier alpha value is -0.780. The normalized spacial score (nSPS) is 9.83. The number of hydrogen-bond acceptors (Lipinski definition) is 4. The van der Waals surface area contributed by atoms with Gasteiger partial charge in [0.25, 0.3) is 5.69 Å². The Morgan fingerprint density at radius 1 is 1.58 bits per heavy atom. The number of nitro benzene ring substituents is 1. The van der Waals surface area contributed by atoms with Crippen LogP contribution in [0.3, 0.4) is 0 Å². The van der Waals surface area contributed by atoms with Crippen LogP contribution in [0.2, 0.25) is 5.02 Å². The zero-order valence-electron chi connectivity index (χ0n) is 5.86. The van der Waals surface area contributed by atoms with Crippen molar-refractivity contribution in [3.63, 3.8) is 0 Å². The zero-order chi connectivity index (χ0) is 9.14. The van der Waals surface area contributed by atoms with Gasteiger partial charge in [-0.3, -0.25) is 15.3 Å². The average molecular weight is 205 g/mol. The number of nitrogens with zero attached hydrogens (tertiary/aromatic N) is 1. The standard InChI is InChI=1S/C6H5ClN2O2S/c7-5-2-1-4(12-8)3-6(5)9(10)11/h1-3H,8H2. The summed E-state index contributed by atoms with van der Waals surface area (Å²) >= 11 is 6.50. The summed E-state index contributed by atoms with van der Waals surface area (Å²) in [5, 5.41) is 15.7. The number of benzene rings is 1. The third-order valence-corrected chi connectivity index (χ3v) is 2.10. The molecule has 0 aliphatic carbocycles. The van der Waals surface area contributed by atoms with Gasteiger partial charge in [-0.1, -0.05) is 11.6 Å². The van der Waals surface area contributed by atoms with Crippen molar-refractivity contribution in [2.75, 3.05) is 0 Å². The maximum atomic E-state index is 10.4. The lowest BCUT2D eigenvalue weighted by Gasteiger charge is -1.97. The number of nitrogens with two attached hydrogens (primary N) is 1. The van der Waals surface area contributed by atoms with Crippen LogP contribution in [0, 0.1) is 10.1 Å². The molecule has 0 aliphatic rings. The summed E-state index contributed by atoms with van der Waals surface area (Å²) in [6.07, 6.45) is 0. The van der Waals surface area contributed by atoms with Gasteiger partial charge >= 0.3 is 0 Å². The molecule has 12 heavy (non-hydrogen) atoms. The second-order valence-electron chi connectivity index (χ2n) is 1.99. The molecule has 0 spiro atoms. The van der Waals surface area contributed by atoms with E-state index in [1.54, 1.807) is 6.07 Å². The maximum Gasteiger partial charge on any atom is 0.289 e. The van der Waals surface area contributed by atoms with Gasteiger partial charge in [0.2, 0.25) is 0 Å². The SMILES string of the molecule is NSc1ccc(Cl)c([N+](=O)[O-])c1. The summed E-state index contributed by atoms with van der Waals surface area (Å²) in [4.78, 5) is 10.4. The summed E-state index contributed by atoms with van der Waals surface area (Å²) in [7, 11) is 0. The minimum atomic E-state index is -0.540. The van der Waals surface area contributed by atoms with Crippen LogP contribution in [0.15, 0.2) is 23.1 Å².